The van der Waals surface area contributed by atoms with Gasteiger partial charge in [0.25, 0.3) is 0 Å². The Morgan fingerprint density at radius 1 is 0.242 bits per heavy atom. The van der Waals surface area contributed by atoms with E-state index in [4.69, 9.17) is 33.2 Å². The van der Waals surface area contributed by atoms with Crippen molar-refractivity contribution in [1.82, 2.24) is 0 Å². The van der Waals surface area contributed by atoms with Crippen LogP contribution in [0.1, 0.15) is 182 Å². The van der Waals surface area contributed by atoms with E-state index in [1.165, 1.54) is 138 Å². The van der Waals surface area contributed by atoms with Crippen LogP contribution in [0.4, 0.5) is 0 Å². The molecule has 0 radical (unpaired) electrons. The molecule has 21 fully saturated rings. The molecule has 0 heterocycles. The second-order valence-electron chi connectivity index (χ2n) is 47.5. The van der Waals surface area contributed by atoms with Crippen LogP contribution in [0.25, 0.3) is 0 Å². The number of methoxy groups -OCH3 is 7. The van der Waals surface area contributed by atoms with E-state index in [-0.39, 0.29) is 59.5 Å². The Hall–Kier alpha value is -5.53. The van der Waals surface area contributed by atoms with Gasteiger partial charge in [0.05, 0.1) is 67.5 Å². The summed E-state index contributed by atoms with van der Waals surface area (Å²) >= 11 is 0. The normalized spacial score (nSPS) is 54.5. The number of rotatable bonds is 14. The Morgan fingerprint density at radius 3 is 0.976 bits per heavy atom. The maximum absolute atomic E-state index is 12.1. The lowest BCUT2D eigenvalue weighted by Gasteiger charge is -2.41. The Bertz CT molecular complexity index is 4340. The fourth-order valence-electron chi connectivity index (χ4n) is 42.1. The van der Waals surface area contributed by atoms with Crippen molar-refractivity contribution >= 4 is 41.8 Å². The van der Waals surface area contributed by atoms with Gasteiger partial charge in [0.15, 0.2) is 0 Å². The highest BCUT2D eigenvalue weighted by molar-refractivity contribution is 5.76. The van der Waals surface area contributed by atoms with Crippen molar-refractivity contribution in [3.05, 3.63) is 85.1 Å². The number of esters is 7. The molecule has 0 aromatic rings. The topological polar surface area (TPSA) is 184 Å². The standard InChI is InChI=1S/2C17H24O2.2C16H22O2.2C15H20O2.C14H18O2/c1-9-12(5-6-15(18)19-2)14-8-13(9)16-10-3-4-11(7-10)17(14)16;1-3-11-12(8-15(18)19-2)14-7-13(11)16-9-4-5-10(6-9)17(14)16;1-8-11(7-14(17)18-2)13-6-12(8)15-9-3-4-10(5-9)16(13)15;1-3-10-11-7-12(15(10)16(17)18-2)14-9-5-4-8(6-9)13(11)14;1-7-10-6-11(12(7)15(16)17-2)14-9-4-3-8(5-9)13(10)14;1-17-13(16)7-10-5-11-6-12(10)15-9-3-2-8(4-9)14(11)15;1-16-14(15)11-6-9-5-10(11)13-8-3-2-7(4-8)12(9)13/h3-4,9-14,16-17H,5-8H2,1-2H3;4-5,9-14,16-17H,3,6-8H2,1-2H3;3-4,8-13,15-16H,5-7H2,1-2H3;4-5,8-15H,3,6-7H2,1-2H3;3-4,7-14H,5-6H2,1-2H3;2-3,8-12,14-15H,4-7H2,1H3;2-3,7-13H,4-6H2,1H3. The van der Waals surface area contributed by atoms with Crippen LogP contribution in [0, 0.1) is 320 Å². The average molecular weight is 1700 g/mol. The summed E-state index contributed by atoms with van der Waals surface area (Å²) in [6.45, 7) is 11.7. The van der Waals surface area contributed by atoms with Gasteiger partial charge in [-0.1, -0.05) is 133 Å². The van der Waals surface area contributed by atoms with Crippen molar-refractivity contribution < 1.29 is 66.7 Å². The van der Waals surface area contributed by atoms with E-state index in [0.717, 1.165) is 274 Å². The summed E-state index contributed by atoms with van der Waals surface area (Å²) in [5.74, 6) is 42.6. The van der Waals surface area contributed by atoms with Crippen molar-refractivity contribution in [2.45, 2.75) is 182 Å². The first kappa shape index (κ1) is 84.0. The number of allylic oxidation sites excluding steroid dienone is 14. The maximum atomic E-state index is 12.1. The van der Waals surface area contributed by atoms with E-state index in [2.05, 4.69) is 120 Å². The van der Waals surface area contributed by atoms with Crippen molar-refractivity contribution in [2.24, 2.45) is 320 Å². The molecular weight excluding hydrogens is 1550 g/mol. The van der Waals surface area contributed by atoms with Gasteiger partial charge >= 0.3 is 41.8 Å². The van der Waals surface area contributed by atoms with E-state index in [1.54, 1.807) is 14.2 Å². The first-order valence-corrected chi connectivity index (χ1v) is 51.5. The van der Waals surface area contributed by atoms with Crippen LogP contribution in [0.15, 0.2) is 85.1 Å². The third-order valence-corrected chi connectivity index (χ3v) is 45.1. The SMILES string of the molecule is CCC1C(CC(=O)OC)C2CC1C1C3C=CC(C3)C21.CCC1C2CC(C1C(=O)OC)C1C3C=CC(C3)C21.COC(=O)C1C(C)C2CC1C1C3C=CC(C3)C21.COC(=O)C1CC2CC1C1C3C=CC(C3)C21.COC(=O)CC1C(C)C2CC1C1C3C=CC(C3)C21.COC(=O)CC1CC2CC1C1C3C=CC(C3)C21.COC(=O)CCC1C(C)C2CC1C1C3C=CC(C3)C21. The van der Waals surface area contributed by atoms with E-state index in [1.807, 2.05) is 0 Å². The van der Waals surface area contributed by atoms with Gasteiger partial charge in [-0.25, -0.2) is 0 Å². The van der Waals surface area contributed by atoms with Crippen LogP contribution in [0.2, 0.25) is 0 Å². The minimum absolute atomic E-state index is 0.00204. The predicted octanol–water partition coefficient (Wildman–Crippen LogP) is 19.7. The van der Waals surface area contributed by atoms with Gasteiger partial charge in [-0.15, -0.1) is 0 Å². The number of carbonyl (C=O) groups excluding carboxylic acids is 7. The lowest BCUT2D eigenvalue weighted by Crippen LogP contribution is -2.40. The quantitative estimate of drug-likeness (QED) is 0.0692. The molecule has 14 heteroatoms. The zero-order chi connectivity index (χ0) is 85.3. The zero-order valence-electron chi connectivity index (χ0n) is 76.7. The molecule has 0 amide bonds. The molecule has 54 unspecified atom stereocenters. The molecule has 14 nitrogen and oxygen atoms in total. The van der Waals surface area contributed by atoms with Gasteiger partial charge in [0, 0.05) is 25.7 Å². The van der Waals surface area contributed by atoms with Crippen LogP contribution in [0.5, 0.6) is 0 Å². The highest BCUT2D eigenvalue weighted by Gasteiger charge is 2.71. The van der Waals surface area contributed by atoms with E-state index in [9.17, 15) is 33.6 Å². The van der Waals surface area contributed by atoms with Gasteiger partial charge in [-0.05, 0) is 411 Å². The summed E-state index contributed by atoms with van der Waals surface area (Å²) in [6, 6.07) is 0. The molecule has 28 bridgehead atoms. The summed E-state index contributed by atoms with van der Waals surface area (Å²) in [5.41, 5.74) is 0. The Labute approximate surface area is 740 Å². The number of hydrogen-bond donors (Lipinski definition) is 0. The van der Waals surface area contributed by atoms with Gasteiger partial charge in [-0.3, -0.25) is 33.6 Å². The molecule has 0 N–H and O–H groups in total. The first-order chi connectivity index (χ1) is 60.2. The van der Waals surface area contributed by atoms with Gasteiger partial charge in [0.1, 0.15) is 0 Å². The molecule has 124 heavy (non-hydrogen) atoms. The summed E-state index contributed by atoms with van der Waals surface area (Å²) < 4.78 is 34.6. The summed E-state index contributed by atoms with van der Waals surface area (Å²) in [4.78, 5) is 82.0. The molecule has 674 valence electrons. The number of hydrogen-bond acceptors (Lipinski definition) is 14. The second-order valence-corrected chi connectivity index (χ2v) is 47.5. The van der Waals surface area contributed by atoms with E-state index < -0.39 is 0 Å². The summed E-state index contributed by atoms with van der Waals surface area (Å²) in [5, 5.41) is 0. The van der Waals surface area contributed by atoms with Crippen LogP contribution < -0.4 is 0 Å². The van der Waals surface area contributed by atoms with Crippen molar-refractivity contribution in [3.8, 4) is 0 Å². The van der Waals surface area contributed by atoms with E-state index in [0.29, 0.717) is 73.0 Å². The monoisotopic (exact) mass is 1700 g/mol. The molecular formula is C110H150O14. The van der Waals surface area contributed by atoms with Gasteiger partial charge < -0.3 is 33.2 Å². The fraction of sp³-hybridized carbons (Fsp3) is 0.809. The van der Waals surface area contributed by atoms with Crippen molar-refractivity contribution in [3.63, 3.8) is 0 Å². The third kappa shape index (κ3) is 12.8. The predicted molar refractivity (Wildman–Crippen MR) is 471 cm³/mol. The molecule has 21 saturated carbocycles. The number of carbonyl (C=O) groups is 7. The largest absolute Gasteiger partial charge is 0.469 e. The minimum Gasteiger partial charge on any atom is -0.469 e. The molecule has 28 aliphatic carbocycles. The molecule has 0 spiro atoms. The van der Waals surface area contributed by atoms with Crippen molar-refractivity contribution in [2.75, 3.05) is 49.8 Å². The van der Waals surface area contributed by atoms with Crippen LogP contribution >= 0.6 is 0 Å². The molecule has 28 aliphatic rings. The Balaban J connectivity index is 0.0000000861. The highest BCUT2D eigenvalue weighted by Crippen LogP contribution is 2.76. The Kier molecular flexibility index (Phi) is 22.0. The number of fused-ring (bicyclic) bond motifs is 63. The first-order valence-electron chi connectivity index (χ1n) is 51.5. The zero-order valence-corrected chi connectivity index (χ0v) is 76.7. The second kappa shape index (κ2) is 32.5. The van der Waals surface area contributed by atoms with Crippen LogP contribution in [-0.4, -0.2) is 91.6 Å². The Morgan fingerprint density at radius 2 is 0.540 bits per heavy atom. The lowest BCUT2D eigenvalue weighted by atomic mass is 9.63. The summed E-state index contributed by atoms with van der Waals surface area (Å²) in [7, 11) is 10.7. The lowest BCUT2D eigenvalue weighted by molar-refractivity contribution is -0.152. The third-order valence-electron chi connectivity index (χ3n) is 45.1. The van der Waals surface area contributed by atoms with Crippen LogP contribution in [0.3, 0.4) is 0 Å². The van der Waals surface area contributed by atoms with E-state index >= 15 is 0 Å². The molecule has 0 aromatic heterocycles. The highest BCUT2D eigenvalue weighted by atomic mass is 16.5. The molecule has 54 atom stereocenters. The molecule has 0 saturated heterocycles. The minimum atomic E-state index is -0.0284. The maximum Gasteiger partial charge on any atom is 0.309 e. The van der Waals surface area contributed by atoms with Crippen LogP contribution in [-0.2, 0) is 66.7 Å². The smallest absolute Gasteiger partial charge is 0.309 e. The van der Waals surface area contributed by atoms with Gasteiger partial charge in [-0.2, -0.15) is 0 Å². The van der Waals surface area contributed by atoms with Gasteiger partial charge in [0.2, 0.25) is 0 Å². The molecule has 0 aliphatic heterocycles. The molecule has 28 rings (SSSR count). The van der Waals surface area contributed by atoms with Crippen molar-refractivity contribution in [1.29, 1.82) is 0 Å². The molecule has 0 aromatic carbocycles. The fourth-order valence-corrected chi connectivity index (χ4v) is 42.1. The average Bonchev–Trinajstić information content (AvgIpc) is 1.56. The summed E-state index contributed by atoms with van der Waals surface area (Å²) in [6.07, 6.45) is 62.2. The number of ether oxygens (including phenoxy) is 7.